The molecule has 1 aliphatic heterocycles. The van der Waals surface area contributed by atoms with Gasteiger partial charge in [-0.15, -0.1) is 0 Å². The molecule has 1 fully saturated rings. The number of aromatic nitrogens is 2. The van der Waals surface area contributed by atoms with Crippen LogP contribution < -0.4 is 5.32 Å². The zero-order chi connectivity index (χ0) is 16.8. The van der Waals surface area contributed by atoms with Crippen LogP contribution in [0.2, 0.25) is 0 Å². The van der Waals surface area contributed by atoms with Gasteiger partial charge in [-0.2, -0.15) is 5.10 Å². The van der Waals surface area contributed by atoms with Crippen molar-refractivity contribution in [3.8, 4) is 5.69 Å². The molecule has 2 heterocycles. The van der Waals surface area contributed by atoms with Crippen molar-refractivity contribution in [1.82, 2.24) is 20.0 Å². The number of hydrogen-bond acceptors (Lipinski definition) is 5. The van der Waals surface area contributed by atoms with Crippen molar-refractivity contribution in [3.63, 3.8) is 0 Å². The molecule has 2 atom stereocenters. The number of aliphatic hydroxyl groups excluding tert-OH is 1. The highest BCUT2D eigenvalue weighted by Gasteiger charge is 2.15. The summed E-state index contributed by atoms with van der Waals surface area (Å²) in [4.78, 5) is 2.25. The summed E-state index contributed by atoms with van der Waals surface area (Å²) < 4.78 is 7.18. The second-order valence-electron chi connectivity index (χ2n) is 6.24. The Balaban J connectivity index is 1.51. The fourth-order valence-corrected chi connectivity index (χ4v) is 2.94. The maximum atomic E-state index is 10.2. The summed E-state index contributed by atoms with van der Waals surface area (Å²) in [5, 5.41) is 17.9. The van der Waals surface area contributed by atoms with Crippen LogP contribution >= 0.6 is 0 Å². The number of rotatable bonds is 7. The standard InChI is InChI=1S/C18H26N4O2/c1-15(19-13-18(23)14-21-8-10-24-11-9-21)16-4-2-5-17(12-16)22-7-3-6-20-22/h2-7,12,15,18-19,23H,8-11,13-14H2,1H3. The number of ether oxygens (including phenoxy) is 1. The van der Waals surface area contributed by atoms with Crippen LogP contribution in [0.15, 0.2) is 42.7 Å². The van der Waals surface area contributed by atoms with Crippen LogP contribution in [-0.2, 0) is 4.74 Å². The van der Waals surface area contributed by atoms with Crippen LogP contribution in [0.25, 0.3) is 5.69 Å². The summed E-state index contributed by atoms with van der Waals surface area (Å²) >= 11 is 0. The Bertz CT molecular complexity index is 611. The average Bonchev–Trinajstić information content (AvgIpc) is 3.15. The van der Waals surface area contributed by atoms with Gasteiger partial charge in [0.25, 0.3) is 0 Å². The third-order valence-electron chi connectivity index (χ3n) is 4.37. The lowest BCUT2D eigenvalue weighted by Crippen LogP contribution is -2.44. The second kappa shape index (κ2) is 8.39. The van der Waals surface area contributed by atoms with E-state index in [0.717, 1.165) is 32.0 Å². The fraction of sp³-hybridized carbons (Fsp3) is 0.500. The Labute approximate surface area is 143 Å². The minimum absolute atomic E-state index is 0.167. The maximum Gasteiger partial charge on any atom is 0.0791 e. The van der Waals surface area contributed by atoms with Crippen molar-refractivity contribution < 1.29 is 9.84 Å². The van der Waals surface area contributed by atoms with Gasteiger partial charge in [0.15, 0.2) is 0 Å². The molecular weight excluding hydrogens is 304 g/mol. The Morgan fingerprint density at radius 3 is 2.88 bits per heavy atom. The van der Waals surface area contributed by atoms with E-state index < -0.39 is 0 Å². The van der Waals surface area contributed by atoms with E-state index in [1.54, 1.807) is 6.20 Å². The molecule has 0 radical (unpaired) electrons. The molecule has 6 nitrogen and oxygen atoms in total. The average molecular weight is 330 g/mol. The SMILES string of the molecule is CC(NCC(O)CN1CCOCC1)c1cccc(-n2cccn2)c1. The van der Waals surface area contributed by atoms with E-state index in [4.69, 9.17) is 4.74 Å². The molecular formula is C18H26N4O2. The van der Waals surface area contributed by atoms with Gasteiger partial charge >= 0.3 is 0 Å². The van der Waals surface area contributed by atoms with E-state index in [-0.39, 0.29) is 12.1 Å². The Morgan fingerprint density at radius 2 is 2.12 bits per heavy atom. The largest absolute Gasteiger partial charge is 0.390 e. The third kappa shape index (κ3) is 4.64. The van der Waals surface area contributed by atoms with Crippen LogP contribution in [0, 0.1) is 0 Å². The van der Waals surface area contributed by atoms with Gasteiger partial charge in [0.1, 0.15) is 0 Å². The normalized spacial score (nSPS) is 18.4. The van der Waals surface area contributed by atoms with Gasteiger partial charge in [0.2, 0.25) is 0 Å². The fourth-order valence-electron chi connectivity index (χ4n) is 2.94. The third-order valence-corrected chi connectivity index (χ3v) is 4.37. The van der Waals surface area contributed by atoms with Gasteiger partial charge < -0.3 is 15.2 Å². The van der Waals surface area contributed by atoms with E-state index in [1.165, 1.54) is 5.56 Å². The van der Waals surface area contributed by atoms with E-state index in [9.17, 15) is 5.11 Å². The number of hydrogen-bond donors (Lipinski definition) is 2. The van der Waals surface area contributed by atoms with Crippen LogP contribution in [0.3, 0.4) is 0 Å². The van der Waals surface area contributed by atoms with Crippen molar-refractivity contribution in [2.75, 3.05) is 39.4 Å². The van der Waals surface area contributed by atoms with Gasteiger partial charge in [-0.25, -0.2) is 4.68 Å². The second-order valence-corrected chi connectivity index (χ2v) is 6.24. The van der Waals surface area contributed by atoms with Crippen LogP contribution in [0.1, 0.15) is 18.5 Å². The highest BCUT2D eigenvalue weighted by Crippen LogP contribution is 2.16. The Kier molecular flexibility index (Phi) is 5.98. The van der Waals surface area contributed by atoms with Gasteiger partial charge in [0, 0.05) is 44.6 Å². The summed E-state index contributed by atoms with van der Waals surface area (Å²) in [7, 11) is 0. The minimum atomic E-state index is -0.375. The van der Waals surface area contributed by atoms with Crippen LogP contribution in [-0.4, -0.2) is 65.3 Å². The number of β-amino-alcohol motifs (C(OH)–C–C–N with tert-alkyl or cyclic N) is 1. The monoisotopic (exact) mass is 330 g/mol. The quantitative estimate of drug-likeness (QED) is 0.799. The zero-order valence-electron chi connectivity index (χ0n) is 14.1. The van der Waals surface area contributed by atoms with E-state index >= 15 is 0 Å². The molecule has 2 N–H and O–H groups in total. The molecule has 1 aromatic heterocycles. The first-order valence-electron chi connectivity index (χ1n) is 8.54. The molecule has 0 saturated carbocycles. The van der Waals surface area contributed by atoms with Gasteiger partial charge in [-0.1, -0.05) is 12.1 Å². The van der Waals surface area contributed by atoms with Gasteiger partial charge in [0.05, 0.1) is 25.0 Å². The molecule has 0 aliphatic carbocycles. The molecule has 2 unspecified atom stereocenters. The smallest absolute Gasteiger partial charge is 0.0791 e. The first-order valence-corrected chi connectivity index (χ1v) is 8.54. The zero-order valence-corrected chi connectivity index (χ0v) is 14.1. The predicted octanol–water partition coefficient (Wildman–Crippen LogP) is 1.22. The maximum absolute atomic E-state index is 10.2. The highest BCUT2D eigenvalue weighted by molar-refractivity contribution is 5.36. The van der Waals surface area contributed by atoms with Gasteiger partial charge in [-0.05, 0) is 30.7 Å². The van der Waals surface area contributed by atoms with Gasteiger partial charge in [-0.3, -0.25) is 4.90 Å². The number of nitrogens with one attached hydrogen (secondary N) is 1. The molecule has 6 heteroatoms. The van der Waals surface area contributed by atoms with Crippen molar-refractivity contribution in [2.45, 2.75) is 19.1 Å². The summed E-state index contributed by atoms with van der Waals surface area (Å²) in [5.74, 6) is 0. The molecule has 3 rings (SSSR count). The molecule has 2 aromatic rings. The number of nitrogens with zero attached hydrogens (tertiary/aromatic N) is 3. The Hall–Kier alpha value is -1.73. The van der Waals surface area contributed by atoms with Crippen LogP contribution in [0.4, 0.5) is 0 Å². The molecule has 24 heavy (non-hydrogen) atoms. The van der Waals surface area contributed by atoms with Crippen molar-refractivity contribution in [2.24, 2.45) is 0 Å². The first-order chi connectivity index (χ1) is 11.7. The number of aliphatic hydroxyl groups is 1. The lowest BCUT2D eigenvalue weighted by Gasteiger charge is -2.29. The number of benzene rings is 1. The summed E-state index contributed by atoms with van der Waals surface area (Å²) in [6.07, 6.45) is 3.33. The lowest BCUT2D eigenvalue weighted by molar-refractivity contribution is 0.0145. The van der Waals surface area contributed by atoms with Crippen molar-refractivity contribution in [1.29, 1.82) is 0 Å². The molecule has 1 aliphatic rings. The molecule has 0 amide bonds. The van der Waals surface area contributed by atoms with Crippen molar-refractivity contribution >= 4 is 0 Å². The first kappa shape index (κ1) is 17.1. The Morgan fingerprint density at radius 1 is 1.29 bits per heavy atom. The van der Waals surface area contributed by atoms with E-state index in [1.807, 2.05) is 29.1 Å². The molecule has 1 saturated heterocycles. The van der Waals surface area contributed by atoms with Crippen LogP contribution in [0.5, 0.6) is 0 Å². The lowest BCUT2D eigenvalue weighted by atomic mass is 10.1. The molecule has 130 valence electrons. The number of morpholine rings is 1. The topological polar surface area (TPSA) is 62.6 Å². The minimum Gasteiger partial charge on any atom is -0.390 e. The van der Waals surface area contributed by atoms with E-state index in [2.05, 4.69) is 34.4 Å². The molecule has 0 spiro atoms. The van der Waals surface area contributed by atoms with E-state index in [0.29, 0.717) is 13.1 Å². The summed E-state index contributed by atoms with van der Waals surface area (Å²) in [6.45, 7) is 6.70. The molecule has 1 aromatic carbocycles. The summed E-state index contributed by atoms with van der Waals surface area (Å²) in [6, 6.07) is 10.4. The van der Waals surface area contributed by atoms with Crippen molar-refractivity contribution in [3.05, 3.63) is 48.3 Å². The summed E-state index contributed by atoms with van der Waals surface area (Å²) in [5.41, 5.74) is 2.22. The predicted molar refractivity (Wildman–Crippen MR) is 93.2 cm³/mol. The molecule has 0 bridgehead atoms. The highest BCUT2D eigenvalue weighted by atomic mass is 16.5.